The van der Waals surface area contributed by atoms with E-state index in [1.165, 1.54) is 12.1 Å². The summed E-state index contributed by atoms with van der Waals surface area (Å²) in [7, 11) is 0. The third kappa shape index (κ3) is 2.29. The zero-order valence-corrected chi connectivity index (χ0v) is 10.7. The van der Waals surface area contributed by atoms with E-state index in [0.717, 1.165) is 16.7 Å². The topological polar surface area (TPSA) is 20.2 Å². The van der Waals surface area contributed by atoms with E-state index in [0.29, 0.717) is 6.42 Å². The first kappa shape index (κ1) is 12.8. The summed E-state index contributed by atoms with van der Waals surface area (Å²) < 4.78 is 13.0. The van der Waals surface area contributed by atoms with Gasteiger partial charge in [-0.1, -0.05) is 48.9 Å². The molecule has 2 rings (SSSR count). The monoisotopic (exact) mass is 244 g/mol. The highest BCUT2D eigenvalue weighted by molar-refractivity contribution is 5.37. The van der Waals surface area contributed by atoms with Crippen molar-refractivity contribution in [2.45, 2.75) is 25.9 Å². The van der Waals surface area contributed by atoms with Gasteiger partial charge in [-0.05, 0) is 36.6 Å². The van der Waals surface area contributed by atoms with Crippen LogP contribution in [0, 0.1) is 12.7 Å². The van der Waals surface area contributed by atoms with Crippen molar-refractivity contribution in [2.75, 3.05) is 0 Å². The predicted molar refractivity (Wildman–Crippen MR) is 70.9 cm³/mol. The first-order chi connectivity index (χ1) is 8.56. The summed E-state index contributed by atoms with van der Waals surface area (Å²) in [5.74, 6) is -0.291. The molecular weight excluding hydrogens is 227 g/mol. The van der Waals surface area contributed by atoms with Gasteiger partial charge in [-0.3, -0.25) is 0 Å². The second-order valence-corrected chi connectivity index (χ2v) is 4.59. The Kier molecular flexibility index (Phi) is 3.48. The maximum absolute atomic E-state index is 13.0. The van der Waals surface area contributed by atoms with Crippen molar-refractivity contribution in [2.24, 2.45) is 0 Å². The summed E-state index contributed by atoms with van der Waals surface area (Å²) >= 11 is 0. The summed E-state index contributed by atoms with van der Waals surface area (Å²) in [4.78, 5) is 0. The summed E-state index contributed by atoms with van der Waals surface area (Å²) in [6, 6.07) is 13.8. The molecule has 0 spiro atoms. The largest absolute Gasteiger partial charge is 0.380 e. The number of hydrogen-bond acceptors (Lipinski definition) is 1. The van der Waals surface area contributed by atoms with E-state index in [1.54, 1.807) is 12.1 Å². The number of hydrogen-bond donors (Lipinski definition) is 1. The highest BCUT2D eigenvalue weighted by Gasteiger charge is 2.29. The van der Waals surface area contributed by atoms with Crippen molar-refractivity contribution >= 4 is 0 Å². The SMILES string of the molecule is CCC(O)(c1ccc(C)cc1)c1ccc(F)cc1. The lowest BCUT2D eigenvalue weighted by Crippen LogP contribution is -2.26. The second-order valence-electron chi connectivity index (χ2n) is 4.59. The van der Waals surface area contributed by atoms with Gasteiger partial charge in [-0.2, -0.15) is 0 Å². The van der Waals surface area contributed by atoms with E-state index in [-0.39, 0.29) is 5.82 Å². The van der Waals surface area contributed by atoms with E-state index in [4.69, 9.17) is 0 Å². The standard InChI is InChI=1S/C16H17FO/c1-3-16(18,13-6-4-12(2)5-7-13)14-8-10-15(17)11-9-14/h4-11,18H,3H2,1-2H3. The predicted octanol–water partition coefficient (Wildman–Crippen LogP) is 3.78. The molecule has 0 saturated heterocycles. The molecule has 1 atom stereocenters. The molecule has 0 aliphatic carbocycles. The van der Waals surface area contributed by atoms with Gasteiger partial charge in [0.25, 0.3) is 0 Å². The quantitative estimate of drug-likeness (QED) is 0.871. The van der Waals surface area contributed by atoms with E-state index in [1.807, 2.05) is 38.1 Å². The molecule has 0 heterocycles. The van der Waals surface area contributed by atoms with Crippen LogP contribution < -0.4 is 0 Å². The fourth-order valence-corrected chi connectivity index (χ4v) is 2.13. The van der Waals surface area contributed by atoms with Crippen molar-refractivity contribution < 1.29 is 9.50 Å². The minimum atomic E-state index is -1.05. The van der Waals surface area contributed by atoms with Crippen molar-refractivity contribution in [1.29, 1.82) is 0 Å². The average Bonchev–Trinajstić information content (AvgIpc) is 2.39. The maximum Gasteiger partial charge on any atom is 0.123 e. The van der Waals surface area contributed by atoms with Crippen LogP contribution in [0.25, 0.3) is 0 Å². The Morgan fingerprint density at radius 3 is 1.83 bits per heavy atom. The van der Waals surface area contributed by atoms with Crippen LogP contribution in [0.1, 0.15) is 30.0 Å². The van der Waals surface area contributed by atoms with E-state index >= 15 is 0 Å². The van der Waals surface area contributed by atoms with Crippen LogP contribution >= 0.6 is 0 Å². The van der Waals surface area contributed by atoms with Crippen molar-refractivity contribution in [3.63, 3.8) is 0 Å². The van der Waals surface area contributed by atoms with Crippen molar-refractivity contribution in [3.05, 3.63) is 71.0 Å². The third-order valence-corrected chi connectivity index (χ3v) is 3.36. The fourth-order valence-electron chi connectivity index (χ4n) is 2.13. The molecule has 0 amide bonds. The van der Waals surface area contributed by atoms with Crippen LogP contribution in [0.5, 0.6) is 0 Å². The Labute approximate surface area is 107 Å². The molecular formula is C16H17FO. The highest BCUT2D eigenvalue weighted by Crippen LogP contribution is 2.32. The normalized spacial score (nSPS) is 14.2. The van der Waals surface area contributed by atoms with E-state index < -0.39 is 5.60 Å². The van der Waals surface area contributed by atoms with E-state index in [9.17, 15) is 9.50 Å². The summed E-state index contributed by atoms with van der Waals surface area (Å²) in [5.41, 5.74) is 1.65. The lowest BCUT2D eigenvalue weighted by Gasteiger charge is -2.28. The number of aryl methyl sites for hydroxylation is 1. The first-order valence-corrected chi connectivity index (χ1v) is 6.12. The van der Waals surface area contributed by atoms with Crippen LogP contribution in [-0.2, 0) is 5.60 Å². The van der Waals surface area contributed by atoms with Gasteiger partial charge in [0, 0.05) is 0 Å². The molecule has 0 fully saturated rings. The number of halogens is 1. The Bertz CT molecular complexity index is 468. The molecule has 1 unspecified atom stereocenters. The number of rotatable bonds is 3. The lowest BCUT2D eigenvalue weighted by atomic mass is 9.84. The zero-order valence-electron chi connectivity index (χ0n) is 10.7. The van der Waals surface area contributed by atoms with Crippen LogP contribution in [0.2, 0.25) is 0 Å². The molecule has 2 aromatic rings. The summed E-state index contributed by atoms with van der Waals surface area (Å²) in [5, 5.41) is 10.8. The van der Waals surface area contributed by atoms with Gasteiger partial charge in [0.1, 0.15) is 11.4 Å². The Balaban J connectivity index is 2.47. The molecule has 2 aromatic carbocycles. The molecule has 1 N–H and O–H groups in total. The molecule has 1 nitrogen and oxygen atoms in total. The average molecular weight is 244 g/mol. The van der Waals surface area contributed by atoms with Gasteiger partial charge in [-0.15, -0.1) is 0 Å². The molecule has 2 heteroatoms. The molecule has 0 aliphatic heterocycles. The molecule has 0 saturated carbocycles. The van der Waals surface area contributed by atoms with Gasteiger partial charge < -0.3 is 5.11 Å². The second kappa shape index (κ2) is 4.91. The van der Waals surface area contributed by atoms with E-state index in [2.05, 4.69) is 0 Å². The lowest BCUT2D eigenvalue weighted by molar-refractivity contribution is 0.0764. The zero-order chi connectivity index (χ0) is 13.2. The minimum Gasteiger partial charge on any atom is -0.380 e. The summed E-state index contributed by atoms with van der Waals surface area (Å²) in [6.45, 7) is 3.93. The van der Waals surface area contributed by atoms with Crippen LogP contribution in [0.3, 0.4) is 0 Å². The van der Waals surface area contributed by atoms with Gasteiger partial charge in [0.2, 0.25) is 0 Å². The molecule has 0 bridgehead atoms. The maximum atomic E-state index is 13.0. The fraction of sp³-hybridized carbons (Fsp3) is 0.250. The molecule has 18 heavy (non-hydrogen) atoms. The molecule has 94 valence electrons. The Morgan fingerprint density at radius 2 is 1.39 bits per heavy atom. The van der Waals surface area contributed by atoms with Gasteiger partial charge in [0.05, 0.1) is 0 Å². The van der Waals surface area contributed by atoms with Crippen molar-refractivity contribution in [1.82, 2.24) is 0 Å². The number of benzene rings is 2. The van der Waals surface area contributed by atoms with Crippen molar-refractivity contribution in [3.8, 4) is 0 Å². The third-order valence-electron chi connectivity index (χ3n) is 3.36. The first-order valence-electron chi connectivity index (χ1n) is 6.12. The Morgan fingerprint density at radius 1 is 0.944 bits per heavy atom. The number of aliphatic hydroxyl groups is 1. The van der Waals surface area contributed by atoms with Crippen LogP contribution in [0.4, 0.5) is 4.39 Å². The van der Waals surface area contributed by atoms with Gasteiger partial charge >= 0.3 is 0 Å². The highest BCUT2D eigenvalue weighted by atomic mass is 19.1. The van der Waals surface area contributed by atoms with Gasteiger partial charge in [0.15, 0.2) is 0 Å². The molecule has 0 radical (unpaired) electrons. The van der Waals surface area contributed by atoms with Crippen LogP contribution in [-0.4, -0.2) is 5.11 Å². The summed E-state index contributed by atoms with van der Waals surface area (Å²) in [6.07, 6.45) is 0.543. The van der Waals surface area contributed by atoms with Gasteiger partial charge in [-0.25, -0.2) is 4.39 Å². The van der Waals surface area contributed by atoms with Crippen LogP contribution in [0.15, 0.2) is 48.5 Å². The molecule has 0 aromatic heterocycles. The molecule has 0 aliphatic rings. The Hall–Kier alpha value is -1.67. The minimum absolute atomic E-state index is 0.291. The smallest absolute Gasteiger partial charge is 0.123 e.